The minimum atomic E-state index is -0.183. The summed E-state index contributed by atoms with van der Waals surface area (Å²) in [6.45, 7) is 0. The van der Waals surface area contributed by atoms with Crippen LogP contribution in [0, 0.1) is 0 Å². The molecule has 6 nitrogen and oxygen atoms in total. The molecule has 0 saturated carbocycles. The Kier molecular flexibility index (Phi) is 2.85. The van der Waals surface area contributed by atoms with Crippen LogP contribution in [-0.2, 0) is 0 Å². The number of pyridine rings is 2. The van der Waals surface area contributed by atoms with Gasteiger partial charge < -0.3 is 0 Å². The van der Waals surface area contributed by atoms with Crippen molar-refractivity contribution < 1.29 is 0 Å². The predicted octanol–water partition coefficient (Wildman–Crippen LogP) is 1.47. The summed E-state index contributed by atoms with van der Waals surface area (Å²) < 4.78 is 2.93. The van der Waals surface area contributed by atoms with Crippen LogP contribution in [0.5, 0.6) is 0 Å². The Morgan fingerprint density at radius 2 is 2.05 bits per heavy atom. The van der Waals surface area contributed by atoms with Gasteiger partial charge in [0.15, 0.2) is 0 Å². The van der Waals surface area contributed by atoms with Crippen molar-refractivity contribution in [2.45, 2.75) is 0 Å². The Morgan fingerprint density at radius 1 is 1.16 bits per heavy atom. The van der Waals surface area contributed by atoms with Gasteiger partial charge in [0.1, 0.15) is 12.1 Å². The average molecular weight is 274 g/mol. The van der Waals surface area contributed by atoms with E-state index in [9.17, 15) is 4.79 Å². The van der Waals surface area contributed by atoms with Crippen molar-refractivity contribution in [2.24, 2.45) is 0 Å². The minimum Gasteiger partial charge on any atom is -0.269 e. The summed E-state index contributed by atoms with van der Waals surface area (Å²) in [6.07, 6.45) is 4.69. The van der Waals surface area contributed by atoms with Crippen LogP contribution in [0.1, 0.15) is 0 Å². The first-order chi connectivity index (χ1) is 9.25. The molecule has 0 aliphatic rings. The number of aromatic nitrogens is 5. The Balaban J connectivity index is 2.27. The minimum absolute atomic E-state index is 0.119. The molecule has 7 heteroatoms. The lowest BCUT2D eigenvalue weighted by Gasteiger charge is -2.11. The maximum atomic E-state index is 12.1. The summed E-state index contributed by atoms with van der Waals surface area (Å²) in [5.74, 6) is 0.542. The molecule has 94 valence electrons. The number of halogens is 1. The number of hydrogen-bond donors (Lipinski definition) is 0. The highest BCUT2D eigenvalue weighted by Gasteiger charge is 2.09. The van der Waals surface area contributed by atoms with E-state index >= 15 is 0 Å². The highest BCUT2D eigenvalue weighted by Crippen LogP contribution is 2.11. The Bertz CT molecular complexity index is 765. The molecule has 0 saturated heterocycles. The summed E-state index contributed by atoms with van der Waals surface area (Å²) in [4.78, 5) is 19.9. The Morgan fingerprint density at radius 3 is 2.74 bits per heavy atom. The number of rotatable bonds is 2. The number of nitrogens with zero attached hydrogens (tertiary/aromatic N) is 5. The van der Waals surface area contributed by atoms with Crippen LogP contribution in [0.25, 0.3) is 11.5 Å². The lowest BCUT2D eigenvalue weighted by atomic mass is 10.3. The highest BCUT2D eigenvalue weighted by molar-refractivity contribution is 6.28. The molecule has 0 fully saturated rings. The summed E-state index contributed by atoms with van der Waals surface area (Å²) in [6, 6.07) is 8.41. The third-order valence-corrected chi connectivity index (χ3v) is 2.71. The zero-order chi connectivity index (χ0) is 13.2. The molecule has 3 rings (SSSR count). The maximum absolute atomic E-state index is 12.1. The van der Waals surface area contributed by atoms with E-state index in [-0.39, 0.29) is 10.8 Å². The molecule has 0 aliphatic carbocycles. The quantitative estimate of drug-likeness (QED) is 0.709. The van der Waals surface area contributed by atoms with Gasteiger partial charge in [-0.1, -0.05) is 6.07 Å². The third-order valence-electron chi connectivity index (χ3n) is 2.54. The largest absolute Gasteiger partial charge is 0.269 e. The molecule has 3 heterocycles. The van der Waals surface area contributed by atoms with Crippen LogP contribution in [0.2, 0.25) is 5.28 Å². The monoisotopic (exact) mass is 273 g/mol. The molecule has 0 radical (unpaired) electrons. The van der Waals surface area contributed by atoms with Gasteiger partial charge in [0, 0.05) is 12.3 Å². The molecular formula is C12H8ClN5O. The molecule has 0 N–H and O–H groups in total. The van der Waals surface area contributed by atoms with E-state index in [1.54, 1.807) is 36.7 Å². The van der Waals surface area contributed by atoms with Crippen LogP contribution < -0.4 is 5.56 Å². The normalized spacial score (nSPS) is 10.6. The van der Waals surface area contributed by atoms with Crippen LogP contribution in [0.4, 0.5) is 0 Å². The van der Waals surface area contributed by atoms with Crippen LogP contribution in [-0.4, -0.2) is 24.3 Å². The number of hydrogen-bond acceptors (Lipinski definition) is 4. The summed E-state index contributed by atoms with van der Waals surface area (Å²) in [7, 11) is 0. The molecule has 0 bridgehead atoms. The van der Waals surface area contributed by atoms with Gasteiger partial charge in [-0.15, -0.1) is 5.10 Å². The lowest BCUT2D eigenvalue weighted by Crippen LogP contribution is -2.21. The van der Waals surface area contributed by atoms with E-state index in [2.05, 4.69) is 15.1 Å². The summed E-state index contributed by atoms with van der Waals surface area (Å²) in [5, 5.41) is 4.12. The molecule has 0 atom stereocenters. The van der Waals surface area contributed by atoms with Crippen molar-refractivity contribution in [1.82, 2.24) is 24.3 Å². The molecule has 3 aromatic heterocycles. The zero-order valence-electron chi connectivity index (χ0n) is 9.64. The molecule has 0 amide bonds. The predicted molar refractivity (Wildman–Crippen MR) is 69.8 cm³/mol. The smallest absolute Gasteiger partial charge is 0.256 e. The van der Waals surface area contributed by atoms with Gasteiger partial charge in [-0.25, -0.2) is 9.67 Å². The fourth-order valence-corrected chi connectivity index (χ4v) is 1.88. The first-order valence-corrected chi connectivity index (χ1v) is 5.83. The van der Waals surface area contributed by atoms with Crippen molar-refractivity contribution >= 4 is 11.6 Å². The molecular weight excluding hydrogens is 266 g/mol. The molecule has 0 unspecified atom stereocenters. The van der Waals surface area contributed by atoms with Crippen LogP contribution in [0.15, 0.2) is 53.8 Å². The van der Waals surface area contributed by atoms with E-state index in [0.29, 0.717) is 11.5 Å². The van der Waals surface area contributed by atoms with Crippen molar-refractivity contribution in [3.05, 3.63) is 64.7 Å². The van der Waals surface area contributed by atoms with E-state index < -0.39 is 0 Å². The first kappa shape index (κ1) is 11.6. The molecule has 0 spiro atoms. The van der Waals surface area contributed by atoms with Gasteiger partial charge in [-0.3, -0.25) is 14.3 Å². The maximum Gasteiger partial charge on any atom is 0.256 e. The molecule has 0 aromatic carbocycles. The van der Waals surface area contributed by atoms with Crippen molar-refractivity contribution in [3.63, 3.8) is 0 Å². The second kappa shape index (κ2) is 4.66. The molecule has 3 aromatic rings. The molecule has 19 heavy (non-hydrogen) atoms. The van der Waals surface area contributed by atoms with Gasteiger partial charge in [0.05, 0.1) is 11.9 Å². The highest BCUT2D eigenvalue weighted by atomic mass is 35.5. The lowest BCUT2D eigenvalue weighted by molar-refractivity contribution is 0.789. The van der Waals surface area contributed by atoms with E-state index in [1.807, 2.05) is 0 Å². The summed E-state index contributed by atoms with van der Waals surface area (Å²) in [5.41, 5.74) is 0.465. The van der Waals surface area contributed by atoms with Crippen LogP contribution >= 0.6 is 11.6 Å². The van der Waals surface area contributed by atoms with E-state index in [1.165, 1.54) is 21.6 Å². The average Bonchev–Trinajstić information content (AvgIpc) is 2.86. The van der Waals surface area contributed by atoms with E-state index in [4.69, 9.17) is 11.6 Å². The van der Waals surface area contributed by atoms with Crippen LogP contribution in [0.3, 0.4) is 0 Å². The van der Waals surface area contributed by atoms with E-state index in [0.717, 1.165) is 0 Å². The third kappa shape index (κ3) is 2.13. The summed E-state index contributed by atoms with van der Waals surface area (Å²) >= 11 is 5.71. The Labute approximate surface area is 112 Å². The van der Waals surface area contributed by atoms with Gasteiger partial charge in [0.25, 0.3) is 5.56 Å². The second-order valence-corrected chi connectivity index (χ2v) is 4.07. The van der Waals surface area contributed by atoms with Gasteiger partial charge in [0.2, 0.25) is 5.28 Å². The fraction of sp³-hybridized carbons (Fsp3) is 0. The topological polar surface area (TPSA) is 65.6 Å². The standard InChI is InChI=1S/C12H8ClN5O/c13-12-15-8-17(16-12)10-4-1-5-11(19)18(10)9-3-2-6-14-7-9/h1-8H. The van der Waals surface area contributed by atoms with Crippen molar-refractivity contribution in [2.75, 3.05) is 0 Å². The van der Waals surface area contributed by atoms with Crippen molar-refractivity contribution in [1.29, 1.82) is 0 Å². The van der Waals surface area contributed by atoms with Crippen molar-refractivity contribution in [3.8, 4) is 11.5 Å². The Hall–Kier alpha value is -2.47. The fourth-order valence-electron chi connectivity index (χ4n) is 1.76. The second-order valence-electron chi connectivity index (χ2n) is 3.73. The SMILES string of the molecule is O=c1cccc(-n2cnc(Cl)n2)n1-c1cccnc1. The molecule has 0 aliphatic heterocycles. The van der Waals surface area contributed by atoms with Gasteiger partial charge in [-0.2, -0.15) is 0 Å². The zero-order valence-corrected chi connectivity index (χ0v) is 10.4. The van der Waals surface area contributed by atoms with Gasteiger partial charge >= 0.3 is 0 Å². The van der Waals surface area contributed by atoms with Gasteiger partial charge in [-0.05, 0) is 29.8 Å². The first-order valence-electron chi connectivity index (χ1n) is 5.46.